The van der Waals surface area contributed by atoms with Gasteiger partial charge in [0.25, 0.3) is 0 Å². The molecular weight excluding hydrogens is 222 g/mol. The van der Waals surface area contributed by atoms with Gasteiger partial charge in [-0.3, -0.25) is 0 Å². The molecule has 17 heavy (non-hydrogen) atoms. The number of anilines is 1. The molecule has 0 radical (unpaired) electrons. The highest BCUT2D eigenvalue weighted by atomic mass is 19.1. The molecule has 0 unspecified atom stereocenters. The van der Waals surface area contributed by atoms with Gasteiger partial charge < -0.3 is 5.32 Å². The van der Waals surface area contributed by atoms with Gasteiger partial charge in [-0.2, -0.15) is 0 Å². The zero-order valence-electron chi connectivity index (χ0n) is 9.68. The fraction of sp³-hybridized carbons (Fsp3) is 0.462. The molecule has 0 amide bonds. The third kappa shape index (κ3) is 2.81. The Balaban J connectivity index is 2.16. The van der Waals surface area contributed by atoms with Crippen molar-refractivity contribution in [1.82, 2.24) is 4.98 Å². The predicted octanol–water partition coefficient (Wildman–Crippen LogP) is 3.75. The Bertz CT molecular complexity index is 412. The maximum absolute atomic E-state index is 13.5. The lowest BCUT2D eigenvalue weighted by molar-refractivity contribution is 0.458. The van der Waals surface area contributed by atoms with Gasteiger partial charge in [0.05, 0.1) is 0 Å². The van der Waals surface area contributed by atoms with Crippen molar-refractivity contribution in [2.24, 2.45) is 0 Å². The second-order valence-corrected chi connectivity index (χ2v) is 4.37. The highest BCUT2D eigenvalue weighted by Gasteiger charge is 2.16. The molecule has 1 saturated carbocycles. The van der Waals surface area contributed by atoms with Crippen LogP contribution in [0.1, 0.15) is 37.8 Å². The number of pyridine rings is 1. The van der Waals surface area contributed by atoms with E-state index >= 15 is 0 Å². The van der Waals surface area contributed by atoms with Crippen molar-refractivity contribution in [1.29, 1.82) is 0 Å². The minimum Gasteiger partial charge on any atom is -0.365 e. The van der Waals surface area contributed by atoms with Gasteiger partial charge in [0.15, 0.2) is 17.5 Å². The fourth-order valence-electron chi connectivity index (χ4n) is 2.17. The molecule has 1 aromatic heterocycles. The van der Waals surface area contributed by atoms with Crippen molar-refractivity contribution >= 4 is 11.9 Å². The van der Waals surface area contributed by atoms with Crippen molar-refractivity contribution in [3.05, 3.63) is 30.0 Å². The van der Waals surface area contributed by atoms with Crippen molar-refractivity contribution in [2.45, 2.75) is 38.1 Å². The van der Waals surface area contributed by atoms with Crippen LogP contribution >= 0.6 is 0 Å². The minimum absolute atomic E-state index is 0.0877. The molecule has 0 saturated heterocycles. The predicted molar refractivity (Wildman–Crippen MR) is 64.7 cm³/mol. The van der Waals surface area contributed by atoms with Crippen LogP contribution in [0.4, 0.5) is 14.6 Å². The van der Waals surface area contributed by atoms with Crippen molar-refractivity contribution in [3.8, 4) is 0 Å². The summed E-state index contributed by atoms with van der Waals surface area (Å²) < 4.78 is 26.7. The minimum atomic E-state index is -0.674. The van der Waals surface area contributed by atoms with Gasteiger partial charge in [0.2, 0.25) is 0 Å². The summed E-state index contributed by atoms with van der Waals surface area (Å²) >= 11 is 0. The number of rotatable bonds is 3. The zero-order chi connectivity index (χ0) is 12.3. The number of nitrogens with one attached hydrogen (secondary N) is 1. The Morgan fingerprint density at radius 2 is 1.94 bits per heavy atom. The zero-order valence-corrected chi connectivity index (χ0v) is 9.68. The van der Waals surface area contributed by atoms with E-state index in [1.807, 2.05) is 0 Å². The number of nitrogens with zero attached hydrogens (tertiary/aromatic N) is 1. The van der Waals surface area contributed by atoms with Crippen LogP contribution in [0.3, 0.4) is 0 Å². The third-order valence-electron chi connectivity index (χ3n) is 3.10. The van der Waals surface area contributed by atoms with Gasteiger partial charge in [-0.05, 0) is 18.9 Å². The van der Waals surface area contributed by atoms with Crippen molar-refractivity contribution < 1.29 is 8.78 Å². The molecule has 0 atom stereocenters. The third-order valence-corrected chi connectivity index (χ3v) is 3.10. The first kappa shape index (κ1) is 12.0. The van der Waals surface area contributed by atoms with E-state index in [2.05, 4.69) is 16.9 Å². The van der Waals surface area contributed by atoms with E-state index in [0.29, 0.717) is 0 Å². The number of halogens is 2. The second-order valence-electron chi connectivity index (χ2n) is 4.37. The van der Waals surface area contributed by atoms with Crippen LogP contribution in [0.15, 0.2) is 12.6 Å². The van der Waals surface area contributed by atoms with Crippen LogP contribution in [-0.2, 0) is 0 Å². The molecule has 1 aliphatic rings. The van der Waals surface area contributed by atoms with E-state index < -0.39 is 11.6 Å². The van der Waals surface area contributed by atoms with Crippen LogP contribution in [0, 0.1) is 11.6 Å². The summed E-state index contributed by atoms with van der Waals surface area (Å²) in [5.74, 6) is -1.18. The van der Waals surface area contributed by atoms with E-state index in [9.17, 15) is 8.78 Å². The average molecular weight is 238 g/mol. The molecule has 92 valence electrons. The molecule has 1 aromatic rings. The lowest BCUT2D eigenvalue weighted by Gasteiger charge is -2.23. The first-order valence-electron chi connectivity index (χ1n) is 5.95. The Hall–Kier alpha value is -1.45. The van der Waals surface area contributed by atoms with Crippen molar-refractivity contribution in [3.63, 3.8) is 0 Å². The van der Waals surface area contributed by atoms with Crippen LogP contribution in [0.5, 0.6) is 0 Å². The van der Waals surface area contributed by atoms with Gasteiger partial charge in [-0.1, -0.05) is 25.8 Å². The maximum atomic E-state index is 13.5. The largest absolute Gasteiger partial charge is 0.365 e. The summed E-state index contributed by atoms with van der Waals surface area (Å²) in [6, 6.07) is 1.10. The van der Waals surface area contributed by atoms with E-state index in [1.54, 1.807) is 0 Å². The molecular formula is C13H16F2N2. The first-order chi connectivity index (χ1) is 8.20. The highest BCUT2D eigenvalue weighted by molar-refractivity contribution is 5.49. The summed E-state index contributed by atoms with van der Waals surface area (Å²) in [7, 11) is 0. The smallest absolute Gasteiger partial charge is 0.168 e. The van der Waals surface area contributed by atoms with Crippen molar-refractivity contribution in [2.75, 3.05) is 5.32 Å². The summed E-state index contributed by atoms with van der Waals surface area (Å²) in [5.41, 5.74) is 0.0877. The number of hydrogen-bond acceptors (Lipinski definition) is 2. The molecule has 1 fully saturated rings. The molecule has 0 aliphatic heterocycles. The average Bonchev–Trinajstić information content (AvgIpc) is 2.34. The van der Waals surface area contributed by atoms with Crippen LogP contribution < -0.4 is 5.32 Å². The Morgan fingerprint density at radius 3 is 2.59 bits per heavy atom. The Labute approximate surface area is 99.8 Å². The molecule has 0 bridgehead atoms. The Morgan fingerprint density at radius 1 is 1.24 bits per heavy atom. The van der Waals surface area contributed by atoms with Gasteiger partial charge in [0, 0.05) is 12.1 Å². The van der Waals surface area contributed by atoms with E-state index in [-0.39, 0.29) is 17.6 Å². The molecule has 1 N–H and O–H groups in total. The Kier molecular flexibility index (Phi) is 3.71. The van der Waals surface area contributed by atoms with E-state index in [1.165, 1.54) is 12.5 Å². The van der Waals surface area contributed by atoms with Crippen LogP contribution in [0.25, 0.3) is 6.08 Å². The first-order valence-corrected chi connectivity index (χ1v) is 5.95. The lowest BCUT2D eigenvalue weighted by Crippen LogP contribution is -2.23. The molecule has 1 heterocycles. The second kappa shape index (κ2) is 5.25. The fourth-order valence-corrected chi connectivity index (χ4v) is 2.17. The molecule has 4 heteroatoms. The molecule has 1 aliphatic carbocycles. The van der Waals surface area contributed by atoms with Gasteiger partial charge in [0.1, 0.15) is 5.69 Å². The standard InChI is InChI=1S/C13H16F2N2/c1-2-12-10(14)8-11(15)13(17-12)16-9-6-4-3-5-7-9/h2,8-9H,1,3-7H2,(H,16,17). The number of aromatic nitrogens is 1. The topological polar surface area (TPSA) is 24.9 Å². The monoisotopic (exact) mass is 238 g/mol. The lowest BCUT2D eigenvalue weighted by atomic mass is 9.95. The normalized spacial score (nSPS) is 16.8. The molecule has 2 nitrogen and oxygen atoms in total. The summed E-state index contributed by atoms with van der Waals surface area (Å²) in [6.45, 7) is 3.46. The van der Waals surface area contributed by atoms with Gasteiger partial charge in [-0.25, -0.2) is 13.8 Å². The van der Waals surface area contributed by atoms with Crippen LogP contribution in [0.2, 0.25) is 0 Å². The highest BCUT2D eigenvalue weighted by Crippen LogP contribution is 2.23. The van der Waals surface area contributed by atoms with Gasteiger partial charge in [-0.15, -0.1) is 0 Å². The maximum Gasteiger partial charge on any atom is 0.168 e. The quantitative estimate of drug-likeness (QED) is 0.867. The molecule has 0 spiro atoms. The number of hydrogen-bond donors (Lipinski definition) is 1. The van der Waals surface area contributed by atoms with E-state index in [4.69, 9.17) is 0 Å². The molecule has 2 rings (SSSR count). The molecule has 0 aromatic carbocycles. The SMILES string of the molecule is C=Cc1nc(NC2CCCCC2)c(F)cc1F. The van der Waals surface area contributed by atoms with Crippen LogP contribution in [-0.4, -0.2) is 11.0 Å². The summed E-state index contributed by atoms with van der Waals surface area (Å²) in [5, 5.41) is 3.05. The van der Waals surface area contributed by atoms with Gasteiger partial charge >= 0.3 is 0 Å². The summed E-state index contributed by atoms with van der Waals surface area (Å²) in [4.78, 5) is 3.91. The van der Waals surface area contributed by atoms with E-state index in [0.717, 1.165) is 31.7 Å². The summed E-state index contributed by atoms with van der Waals surface area (Å²) in [6.07, 6.45) is 6.85.